The molecule has 0 radical (unpaired) electrons. The van der Waals surface area contributed by atoms with E-state index in [-0.39, 0.29) is 30.0 Å². The Bertz CT molecular complexity index is 1380. The van der Waals surface area contributed by atoms with Crippen LogP contribution in [0.3, 0.4) is 0 Å². The number of amides is 2. The number of carbonyl (C=O) groups is 2. The Morgan fingerprint density at radius 3 is 2.07 bits per heavy atom. The van der Waals surface area contributed by atoms with E-state index in [0.29, 0.717) is 37.3 Å². The third-order valence-electron chi connectivity index (χ3n) is 7.71. The van der Waals surface area contributed by atoms with E-state index < -0.39 is 35.8 Å². The zero-order valence-electron chi connectivity index (χ0n) is 25.0. The third-order valence-corrected chi connectivity index (χ3v) is 7.71. The molecular formula is C34H41F2N3O4. The van der Waals surface area contributed by atoms with Crippen LogP contribution in [0.15, 0.2) is 60.7 Å². The zero-order chi connectivity index (χ0) is 31.1. The highest BCUT2D eigenvalue weighted by Crippen LogP contribution is 2.23. The normalized spacial score (nSPS) is 15.0. The van der Waals surface area contributed by atoms with E-state index in [0.717, 1.165) is 42.2 Å². The maximum absolute atomic E-state index is 14.0. The number of aliphatic hydroxyl groups excluding tert-OH is 2. The number of nitrogens with zero attached hydrogens (tertiary/aromatic N) is 2. The first kappa shape index (κ1) is 32.3. The highest BCUT2D eigenvalue weighted by molar-refractivity contribution is 6.00. The summed E-state index contributed by atoms with van der Waals surface area (Å²) in [5, 5.41) is 25.2. The summed E-state index contributed by atoms with van der Waals surface area (Å²) in [5.74, 6) is -2.31. The SMILES string of the molecule is CCCN(CCC)C(=O)c1cc(C)cc(C(=O)N[C@@H](Cc2cc(F)cc(F)c2)[C@@H](O)[C@H](O)CN2Cc3ccccc3C2)c1. The van der Waals surface area contributed by atoms with Crippen LogP contribution in [0.2, 0.25) is 0 Å². The van der Waals surface area contributed by atoms with E-state index in [2.05, 4.69) is 5.32 Å². The number of hydrogen-bond acceptors (Lipinski definition) is 5. The second-order valence-electron chi connectivity index (χ2n) is 11.4. The van der Waals surface area contributed by atoms with Crippen molar-refractivity contribution in [2.24, 2.45) is 0 Å². The van der Waals surface area contributed by atoms with Crippen LogP contribution in [-0.4, -0.2) is 69.7 Å². The highest BCUT2D eigenvalue weighted by atomic mass is 19.1. The lowest BCUT2D eigenvalue weighted by Gasteiger charge is -2.30. The van der Waals surface area contributed by atoms with Crippen molar-refractivity contribution in [2.75, 3.05) is 19.6 Å². The lowest BCUT2D eigenvalue weighted by molar-refractivity contribution is -0.0214. The van der Waals surface area contributed by atoms with Crippen molar-refractivity contribution in [3.05, 3.63) is 106 Å². The maximum Gasteiger partial charge on any atom is 0.253 e. The summed E-state index contributed by atoms with van der Waals surface area (Å²) in [5.41, 5.74) is 3.81. The van der Waals surface area contributed by atoms with E-state index in [1.54, 1.807) is 24.0 Å². The van der Waals surface area contributed by atoms with Crippen LogP contribution < -0.4 is 5.32 Å². The first-order valence-electron chi connectivity index (χ1n) is 14.9. The Hall–Kier alpha value is -3.66. The van der Waals surface area contributed by atoms with Gasteiger partial charge in [0.15, 0.2) is 0 Å². The Morgan fingerprint density at radius 1 is 0.907 bits per heavy atom. The van der Waals surface area contributed by atoms with Gasteiger partial charge in [-0.3, -0.25) is 14.5 Å². The van der Waals surface area contributed by atoms with Crippen molar-refractivity contribution in [3.8, 4) is 0 Å². The molecule has 0 bridgehead atoms. The summed E-state index contributed by atoms with van der Waals surface area (Å²) >= 11 is 0. The molecule has 7 nitrogen and oxygen atoms in total. The standard InChI is InChI=1S/C34H41F2N3O4/c1-4-10-39(11-5-2)34(43)27-13-22(3)12-26(17-27)33(42)37-30(16-23-14-28(35)18-29(36)15-23)32(41)31(40)21-38-19-24-8-6-7-9-25(24)20-38/h6-9,12-15,17-18,30-32,40-41H,4-5,10-11,16,19-21H2,1-3H3,(H,37,42)/t30-,31+,32+/m0/s1. The summed E-state index contributed by atoms with van der Waals surface area (Å²) in [6.45, 7) is 8.33. The second kappa shape index (κ2) is 14.7. The van der Waals surface area contributed by atoms with Crippen molar-refractivity contribution in [2.45, 2.75) is 71.4 Å². The topological polar surface area (TPSA) is 93.1 Å². The molecule has 0 saturated carbocycles. The number of nitrogens with one attached hydrogen (secondary N) is 1. The van der Waals surface area contributed by atoms with Crippen LogP contribution in [0.5, 0.6) is 0 Å². The molecule has 43 heavy (non-hydrogen) atoms. The van der Waals surface area contributed by atoms with Gasteiger partial charge in [-0.1, -0.05) is 38.1 Å². The number of halogens is 2. The molecule has 3 N–H and O–H groups in total. The number of fused-ring (bicyclic) bond motifs is 1. The van der Waals surface area contributed by atoms with Crippen molar-refractivity contribution in [3.63, 3.8) is 0 Å². The minimum Gasteiger partial charge on any atom is -0.389 e. The Kier molecular flexibility index (Phi) is 11.0. The number of aryl methyl sites for hydroxylation is 1. The average Bonchev–Trinajstić information content (AvgIpc) is 3.37. The molecule has 0 saturated heterocycles. The molecule has 9 heteroatoms. The van der Waals surface area contributed by atoms with Crippen LogP contribution in [0.25, 0.3) is 0 Å². The molecule has 0 fully saturated rings. The Morgan fingerprint density at radius 2 is 1.49 bits per heavy atom. The number of aliphatic hydroxyl groups is 2. The van der Waals surface area contributed by atoms with Crippen LogP contribution in [0, 0.1) is 18.6 Å². The minimum absolute atomic E-state index is 0.128. The van der Waals surface area contributed by atoms with Gasteiger partial charge in [0.05, 0.1) is 12.1 Å². The molecule has 4 rings (SSSR count). The minimum atomic E-state index is -1.45. The van der Waals surface area contributed by atoms with Gasteiger partial charge < -0.3 is 20.4 Å². The van der Waals surface area contributed by atoms with Gasteiger partial charge in [-0.2, -0.15) is 0 Å². The fourth-order valence-electron chi connectivity index (χ4n) is 5.74. The van der Waals surface area contributed by atoms with E-state index in [4.69, 9.17) is 0 Å². The molecule has 3 aromatic rings. The molecule has 1 aliphatic heterocycles. The first-order valence-corrected chi connectivity index (χ1v) is 14.9. The van der Waals surface area contributed by atoms with Gasteiger partial charge in [-0.05, 0) is 78.8 Å². The molecule has 3 aromatic carbocycles. The summed E-state index contributed by atoms with van der Waals surface area (Å²) in [4.78, 5) is 30.6. The second-order valence-corrected chi connectivity index (χ2v) is 11.4. The molecule has 2 amide bonds. The summed E-state index contributed by atoms with van der Waals surface area (Å²) in [7, 11) is 0. The maximum atomic E-state index is 14.0. The zero-order valence-corrected chi connectivity index (χ0v) is 25.0. The lowest BCUT2D eigenvalue weighted by Crippen LogP contribution is -2.52. The molecule has 0 aliphatic carbocycles. The summed E-state index contributed by atoms with van der Waals surface area (Å²) in [6, 6.07) is 14.8. The van der Waals surface area contributed by atoms with Crippen LogP contribution in [0.4, 0.5) is 8.78 Å². The molecule has 1 aliphatic rings. The molecule has 230 valence electrons. The van der Waals surface area contributed by atoms with Crippen LogP contribution >= 0.6 is 0 Å². The van der Waals surface area contributed by atoms with Crippen molar-refractivity contribution >= 4 is 11.8 Å². The van der Waals surface area contributed by atoms with Gasteiger partial charge in [0.2, 0.25) is 0 Å². The lowest BCUT2D eigenvalue weighted by atomic mass is 9.96. The quantitative estimate of drug-likeness (QED) is 0.269. The number of hydrogen-bond donors (Lipinski definition) is 3. The number of rotatable bonds is 13. The van der Waals surface area contributed by atoms with Gasteiger partial charge >= 0.3 is 0 Å². The summed E-state index contributed by atoms with van der Waals surface area (Å²) in [6.07, 6.45) is -1.23. The van der Waals surface area contributed by atoms with Gasteiger partial charge in [-0.15, -0.1) is 0 Å². The monoisotopic (exact) mass is 593 g/mol. The predicted molar refractivity (Wildman–Crippen MR) is 162 cm³/mol. The van der Waals surface area contributed by atoms with E-state index in [1.165, 1.54) is 6.07 Å². The number of carbonyl (C=O) groups excluding carboxylic acids is 2. The highest BCUT2D eigenvalue weighted by Gasteiger charge is 2.32. The Balaban J connectivity index is 1.55. The first-order chi connectivity index (χ1) is 20.6. The molecule has 1 heterocycles. The van der Waals surface area contributed by atoms with Crippen molar-refractivity contribution in [1.29, 1.82) is 0 Å². The average molecular weight is 594 g/mol. The number of β-amino-alcohol motifs (C(OH)–C–C–N with tert-alkyl or cyclic N) is 1. The van der Waals surface area contributed by atoms with Crippen LogP contribution in [-0.2, 0) is 19.5 Å². The fourth-order valence-corrected chi connectivity index (χ4v) is 5.74. The summed E-state index contributed by atoms with van der Waals surface area (Å²) < 4.78 is 28.0. The van der Waals surface area contributed by atoms with E-state index in [9.17, 15) is 28.6 Å². The van der Waals surface area contributed by atoms with Gasteiger partial charge in [-0.25, -0.2) is 8.78 Å². The smallest absolute Gasteiger partial charge is 0.253 e. The molecular weight excluding hydrogens is 552 g/mol. The number of benzene rings is 3. The third kappa shape index (κ3) is 8.46. The van der Waals surface area contributed by atoms with Crippen molar-refractivity contribution in [1.82, 2.24) is 15.1 Å². The predicted octanol–water partition coefficient (Wildman–Crippen LogP) is 4.61. The Labute approximate surface area is 252 Å². The van der Waals surface area contributed by atoms with Gasteiger partial charge in [0.25, 0.3) is 11.8 Å². The van der Waals surface area contributed by atoms with Gasteiger partial charge in [0.1, 0.15) is 17.7 Å². The van der Waals surface area contributed by atoms with Crippen LogP contribution in [0.1, 0.15) is 69.7 Å². The fraction of sp³-hybridized carbons (Fsp3) is 0.412. The molecule has 0 aromatic heterocycles. The van der Waals surface area contributed by atoms with Crippen molar-refractivity contribution < 1.29 is 28.6 Å². The largest absolute Gasteiger partial charge is 0.389 e. The molecule has 3 atom stereocenters. The van der Waals surface area contributed by atoms with E-state index in [1.807, 2.05) is 43.0 Å². The molecule has 0 spiro atoms. The molecule has 0 unspecified atom stereocenters. The van der Waals surface area contributed by atoms with E-state index >= 15 is 0 Å². The van der Waals surface area contributed by atoms with Gasteiger partial charge in [0, 0.05) is 49.9 Å².